The van der Waals surface area contributed by atoms with E-state index in [4.69, 9.17) is 0 Å². The Morgan fingerprint density at radius 1 is 1.36 bits per heavy atom. The number of allylic oxidation sites excluding steroid dienone is 1. The third-order valence-electron chi connectivity index (χ3n) is 1.97. The van der Waals surface area contributed by atoms with Crippen LogP contribution in [0.1, 0.15) is 13.3 Å². The molecule has 0 aliphatic rings. The van der Waals surface area contributed by atoms with E-state index in [1.807, 2.05) is 31.2 Å². The van der Waals surface area contributed by atoms with Crippen LogP contribution in [0.4, 0.5) is 5.69 Å². The summed E-state index contributed by atoms with van der Waals surface area (Å²) in [7, 11) is 0. The fraction of sp³-hybridized carbons (Fsp3) is 0.231. The van der Waals surface area contributed by atoms with Crippen molar-refractivity contribution in [1.82, 2.24) is 0 Å². The molecule has 14 heavy (non-hydrogen) atoms. The molecule has 74 valence electrons. The molecule has 0 fully saturated rings. The van der Waals surface area contributed by atoms with E-state index in [9.17, 15) is 0 Å². The van der Waals surface area contributed by atoms with E-state index >= 15 is 0 Å². The highest BCUT2D eigenvalue weighted by molar-refractivity contribution is 5.44. The van der Waals surface area contributed by atoms with Crippen LogP contribution in [-0.4, -0.2) is 6.04 Å². The molecule has 1 heteroatoms. The summed E-state index contributed by atoms with van der Waals surface area (Å²) in [6, 6.07) is 10.6. The molecule has 0 aliphatic carbocycles. The quantitative estimate of drug-likeness (QED) is 0.694. The van der Waals surface area contributed by atoms with Crippen molar-refractivity contribution in [3.8, 4) is 0 Å². The van der Waals surface area contributed by atoms with Crippen molar-refractivity contribution in [2.24, 2.45) is 0 Å². The summed E-state index contributed by atoms with van der Waals surface area (Å²) in [4.78, 5) is 0. The first-order valence-electron chi connectivity index (χ1n) is 4.92. The summed E-state index contributed by atoms with van der Waals surface area (Å²) in [6.45, 7) is 5.78. The van der Waals surface area contributed by atoms with Crippen molar-refractivity contribution in [2.45, 2.75) is 19.4 Å². The molecular weight excluding hydrogens is 170 g/mol. The lowest BCUT2D eigenvalue weighted by Crippen LogP contribution is -2.15. The highest BCUT2D eigenvalue weighted by atomic mass is 14.9. The SMILES string of the molecule is C=CCC(C=CC)Nc1ccccc1. The lowest BCUT2D eigenvalue weighted by atomic mass is 10.1. The summed E-state index contributed by atoms with van der Waals surface area (Å²) in [5.74, 6) is 0. The lowest BCUT2D eigenvalue weighted by Gasteiger charge is -2.14. The zero-order valence-corrected chi connectivity index (χ0v) is 8.61. The Kier molecular flexibility index (Phi) is 4.56. The van der Waals surface area contributed by atoms with Crippen molar-refractivity contribution in [2.75, 3.05) is 5.32 Å². The highest BCUT2D eigenvalue weighted by Crippen LogP contribution is 2.09. The Labute approximate surface area is 86.2 Å². The van der Waals surface area contributed by atoms with Gasteiger partial charge in [-0.3, -0.25) is 0 Å². The van der Waals surface area contributed by atoms with Crippen LogP contribution < -0.4 is 5.32 Å². The zero-order valence-electron chi connectivity index (χ0n) is 8.61. The Balaban J connectivity index is 2.59. The van der Waals surface area contributed by atoms with Gasteiger partial charge in [0.05, 0.1) is 0 Å². The summed E-state index contributed by atoms with van der Waals surface area (Å²) in [5, 5.41) is 3.42. The van der Waals surface area contributed by atoms with E-state index in [0.29, 0.717) is 6.04 Å². The molecule has 0 bridgehead atoms. The van der Waals surface area contributed by atoms with Gasteiger partial charge in [-0.05, 0) is 25.5 Å². The minimum Gasteiger partial charge on any atom is -0.379 e. The molecule has 0 spiro atoms. The second-order valence-electron chi connectivity index (χ2n) is 3.17. The highest BCUT2D eigenvalue weighted by Gasteiger charge is 2.00. The van der Waals surface area contributed by atoms with Gasteiger partial charge in [-0.25, -0.2) is 0 Å². The van der Waals surface area contributed by atoms with Gasteiger partial charge >= 0.3 is 0 Å². The van der Waals surface area contributed by atoms with E-state index < -0.39 is 0 Å². The minimum atomic E-state index is 0.347. The van der Waals surface area contributed by atoms with Crippen LogP contribution in [0.3, 0.4) is 0 Å². The molecule has 1 N–H and O–H groups in total. The van der Waals surface area contributed by atoms with Crippen LogP contribution in [0.15, 0.2) is 55.1 Å². The largest absolute Gasteiger partial charge is 0.379 e. The number of rotatable bonds is 5. The van der Waals surface area contributed by atoms with Gasteiger partial charge in [0.2, 0.25) is 0 Å². The molecule has 1 atom stereocenters. The van der Waals surface area contributed by atoms with Gasteiger partial charge < -0.3 is 5.32 Å². The van der Waals surface area contributed by atoms with Crippen molar-refractivity contribution in [3.05, 3.63) is 55.1 Å². The molecule has 0 heterocycles. The van der Waals surface area contributed by atoms with Crippen LogP contribution in [0.25, 0.3) is 0 Å². The van der Waals surface area contributed by atoms with E-state index in [1.54, 1.807) is 0 Å². The van der Waals surface area contributed by atoms with Crippen LogP contribution in [0.2, 0.25) is 0 Å². The zero-order chi connectivity index (χ0) is 10.2. The molecule has 0 amide bonds. The topological polar surface area (TPSA) is 12.0 Å². The third-order valence-corrected chi connectivity index (χ3v) is 1.97. The molecule has 1 nitrogen and oxygen atoms in total. The third kappa shape index (κ3) is 3.48. The predicted octanol–water partition coefficient (Wildman–Crippen LogP) is 3.62. The van der Waals surface area contributed by atoms with Gasteiger partial charge in [0.1, 0.15) is 0 Å². The number of nitrogens with one attached hydrogen (secondary N) is 1. The second kappa shape index (κ2) is 6.03. The first-order chi connectivity index (χ1) is 6.86. The van der Waals surface area contributed by atoms with Gasteiger partial charge in [0, 0.05) is 11.7 Å². The van der Waals surface area contributed by atoms with Gasteiger partial charge in [0.15, 0.2) is 0 Å². The average molecular weight is 187 g/mol. The van der Waals surface area contributed by atoms with E-state index in [-0.39, 0.29) is 0 Å². The fourth-order valence-electron chi connectivity index (χ4n) is 1.35. The van der Waals surface area contributed by atoms with Crippen LogP contribution in [0.5, 0.6) is 0 Å². The molecule has 0 saturated carbocycles. The molecule has 1 aromatic carbocycles. The summed E-state index contributed by atoms with van der Waals surface area (Å²) in [5.41, 5.74) is 1.15. The number of hydrogen-bond acceptors (Lipinski definition) is 1. The van der Waals surface area contributed by atoms with Crippen LogP contribution in [0, 0.1) is 0 Å². The van der Waals surface area contributed by atoms with Crippen molar-refractivity contribution in [3.63, 3.8) is 0 Å². The average Bonchev–Trinajstić information content (AvgIpc) is 2.20. The Bertz CT molecular complexity index is 287. The fourth-order valence-corrected chi connectivity index (χ4v) is 1.35. The predicted molar refractivity (Wildman–Crippen MR) is 63.5 cm³/mol. The molecule has 0 aromatic heterocycles. The van der Waals surface area contributed by atoms with E-state index in [2.05, 4.69) is 36.2 Å². The molecule has 0 saturated heterocycles. The van der Waals surface area contributed by atoms with Gasteiger partial charge in [-0.2, -0.15) is 0 Å². The van der Waals surface area contributed by atoms with Gasteiger partial charge in [-0.15, -0.1) is 6.58 Å². The van der Waals surface area contributed by atoms with Crippen LogP contribution >= 0.6 is 0 Å². The maximum absolute atomic E-state index is 3.75. The first kappa shape index (κ1) is 10.6. The Morgan fingerprint density at radius 3 is 2.64 bits per heavy atom. The van der Waals surface area contributed by atoms with Crippen molar-refractivity contribution >= 4 is 5.69 Å². The second-order valence-corrected chi connectivity index (χ2v) is 3.17. The Morgan fingerprint density at radius 2 is 2.07 bits per heavy atom. The molecule has 1 rings (SSSR count). The number of para-hydroxylation sites is 1. The lowest BCUT2D eigenvalue weighted by molar-refractivity contribution is 0.893. The summed E-state index contributed by atoms with van der Waals surface area (Å²) < 4.78 is 0. The van der Waals surface area contributed by atoms with Gasteiger partial charge in [0.25, 0.3) is 0 Å². The van der Waals surface area contributed by atoms with Crippen LogP contribution in [-0.2, 0) is 0 Å². The molecule has 1 unspecified atom stereocenters. The molecular formula is C13H17N. The molecule has 0 aliphatic heterocycles. The standard InChI is InChI=1S/C13H17N/c1-3-8-12(9-4-2)14-13-10-6-5-7-11-13/h3-7,9-12,14H,1,8H2,2H3. The molecule has 1 aromatic rings. The van der Waals surface area contributed by atoms with Gasteiger partial charge in [-0.1, -0.05) is 36.4 Å². The maximum atomic E-state index is 3.75. The monoisotopic (exact) mass is 187 g/mol. The van der Waals surface area contributed by atoms with Crippen molar-refractivity contribution in [1.29, 1.82) is 0 Å². The first-order valence-corrected chi connectivity index (χ1v) is 4.92. The van der Waals surface area contributed by atoms with Crippen molar-refractivity contribution < 1.29 is 0 Å². The smallest absolute Gasteiger partial charge is 0.0478 e. The number of hydrogen-bond donors (Lipinski definition) is 1. The number of anilines is 1. The Hall–Kier alpha value is -1.50. The minimum absolute atomic E-state index is 0.347. The van der Waals surface area contributed by atoms with E-state index in [1.165, 1.54) is 0 Å². The van der Waals surface area contributed by atoms with E-state index in [0.717, 1.165) is 12.1 Å². The summed E-state index contributed by atoms with van der Waals surface area (Å²) >= 11 is 0. The molecule has 0 radical (unpaired) electrons. The number of benzene rings is 1. The maximum Gasteiger partial charge on any atom is 0.0478 e. The normalized spacial score (nSPS) is 12.6. The summed E-state index contributed by atoms with van der Waals surface area (Å²) in [6.07, 6.45) is 7.08.